The first-order valence-corrected chi connectivity index (χ1v) is 6.55. The molecule has 0 aromatic carbocycles. The van der Waals surface area contributed by atoms with Crippen molar-refractivity contribution < 1.29 is 9.59 Å². The predicted molar refractivity (Wildman–Crippen MR) is 64.4 cm³/mol. The van der Waals surface area contributed by atoms with Crippen LogP contribution in [0.1, 0.15) is 25.7 Å². The van der Waals surface area contributed by atoms with E-state index in [2.05, 4.69) is 10.6 Å². The summed E-state index contributed by atoms with van der Waals surface area (Å²) >= 11 is 0. The van der Waals surface area contributed by atoms with Crippen molar-refractivity contribution in [1.29, 1.82) is 0 Å². The monoisotopic (exact) mass is 239 g/mol. The van der Waals surface area contributed by atoms with Crippen molar-refractivity contribution in [2.24, 2.45) is 5.92 Å². The van der Waals surface area contributed by atoms with Gasteiger partial charge in [0.15, 0.2) is 0 Å². The highest BCUT2D eigenvalue weighted by Gasteiger charge is 2.24. The zero-order valence-corrected chi connectivity index (χ0v) is 10.2. The van der Waals surface area contributed by atoms with Gasteiger partial charge in [0.1, 0.15) is 0 Å². The molecule has 1 saturated heterocycles. The Hall–Kier alpha value is -1.10. The van der Waals surface area contributed by atoms with Crippen molar-refractivity contribution in [3.05, 3.63) is 0 Å². The van der Waals surface area contributed by atoms with E-state index in [9.17, 15) is 9.59 Å². The lowest BCUT2D eigenvalue weighted by Crippen LogP contribution is -2.44. The van der Waals surface area contributed by atoms with Crippen LogP contribution in [0, 0.1) is 5.92 Å². The number of carbonyl (C=O) groups excluding carboxylic acids is 2. The first kappa shape index (κ1) is 12.4. The number of hydrogen-bond acceptors (Lipinski definition) is 3. The molecule has 0 aromatic heterocycles. The quantitative estimate of drug-likeness (QED) is 0.666. The lowest BCUT2D eigenvalue weighted by atomic mass is 10.3. The number of nitrogens with zero attached hydrogens (tertiary/aromatic N) is 1. The molecule has 0 unspecified atom stereocenters. The smallest absolute Gasteiger partial charge is 0.311 e. The van der Waals surface area contributed by atoms with Crippen LogP contribution in [0.2, 0.25) is 0 Å². The van der Waals surface area contributed by atoms with Crippen molar-refractivity contribution in [2.75, 3.05) is 32.7 Å². The Bertz CT molecular complexity index is 281. The molecule has 0 aromatic rings. The third-order valence-electron chi connectivity index (χ3n) is 3.36. The molecule has 2 rings (SSSR count). The molecule has 1 heterocycles. The Balaban J connectivity index is 1.70. The molecule has 0 atom stereocenters. The van der Waals surface area contributed by atoms with Crippen LogP contribution in [0.15, 0.2) is 0 Å². The summed E-state index contributed by atoms with van der Waals surface area (Å²) in [6.07, 6.45) is 4.49. The Morgan fingerprint density at radius 1 is 1.24 bits per heavy atom. The van der Waals surface area contributed by atoms with Gasteiger partial charge in [-0.25, -0.2) is 0 Å². The largest absolute Gasteiger partial charge is 0.348 e. The van der Waals surface area contributed by atoms with Crippen LogP contribution in [0.5, 0.6) is 0 Å². The van der Waals surface area contributed by atoms with Crippen molar-refractivity contribution in [2.45, 2.75) is 25.7 Å². The Kier molecular flexibility index (Phi) is 4.36. The Morgan fingerprint density at radius 2 is 2.06 bits per heavy atom. The fourth-order valence-corrected chi connectivity index (χ4v) is 2.06. The van der Waals surface area contributed by atoms with Crippen molar-refractivity contribution >= 4 is 11.8 Å². The number of nitrogens with one attached hydrogen (secondary N) is 2. The number of amides is 2. The zero-order chi connectivity index (χ0) is 12.1. The van der Waals surface area contributed by atoms with Gasteiger partial charge in [-0.2, -0.15) is 0 Å². The second-order valence-corrected chi connectivity index (χ2v) is 4.88. The summed E-state index contributed by atoms with van der Waals surface area (Å²) in [6.45, 7) is 3.66. The maximum atomic E-state index is 11.8. The van der Waals surface area contributed by atoms with Crippen LogP contribution in [0.3, 0.4) is 0 Å². The SMILES string of the molecule is O=C(NCCC1CC1)C(=O)N1CCCNCC1. The van der Waals surface area contributed by atoms with Gasteiger partial charge in [0.25, 0.3) is 0 Å². The highest BCUT2D eigenvalue weighted by molar-refractivity contribution is 6.35. The lowest BCUT2D eigenvalue weighted by molar-refractivity contribution is -0.145. The highest BCUT2D eigenvalue weighted by atomic mass is 16.2. The molecule has 0 bridgehead atoms. The van der Waals surface area contributed by atoms with E-state index < -0.39 is 5.91 Å². The summed E-state index contributed by atoms with van der Waals surface area (Å²) in [5, 5.41) is 5.93. The molecule has 5 nitrogen and oxygen atoms in total. The molecule has 2 aliphatic rings. The van der Waals surface area contributed by atoms with Crippen LogP contribution < -0.4 is 10.6 Å². The average Bonchev–Trinajstić information content (AvgIpc) is 3.14. The number of hydrogen-bond donors (Lipinski definition) is 2. The maximum absolute atomic E-state index is 11.8. The Labute approximate surface area is 102 Å². The van der Waals surface area contributed by atoms with Crippen LogP contribution in [-0.2, 0) is 9.59 Å². The second kappa shape index (κ2) is 6.00. The lowest BCUT2D eigenvalue weighted by Gasteiger charge is -2.19. The third-order valence-corrected chi connectivity index (χ3v) is 3.36. The molecular formula is C12H21N3O2. The van der Waals surface area contributed by atoms with E-state index in [1.54, 1.807) is 4.90 Å². The molecule has 2 fully saturated rings. The zero-order valence-electron chi connectivity index (χ0n) is 10.2. The molecule has 5 heteroatoms. The van der Waals surface area contributed by atoms with Gasteiger partial charge in [-0.3, -0.25) is 9.59 Å². The second-order valence-electron chi connectivity index (χ2n) is 4.88. The van der Waals surface area contributed by atoms with Crippen molar-refractivity contribution in [1.82, 2.24) is 15.5 Å². The maximum Gasteiger partial charge on any atom is 0.311 e. The summed E-state index contributed by atoms with van der Waals surface area (Å²) in [6, 6.07) is 0. The van der Waals surface area contributed by atoms with Crippen molar-refractivity contribution in [3.63, 3.8) is 0 Å². The molecule has 1 saturated carbocycles. The van der Waals surface area contributed by atoms with Crippen LogP contribution in [-0.4, -0.2) is 49.4 Å². The fourth-order valence-electron chi connectivity index (χ4n) is 2.06. The first-order valence-electron chi connectivity index (χ1n) is 6.55. The van der Waals surface area contributed by atoms with Crippen LogP contribution in [0.4, 0.5) is 0 Å². The third kappa shape index (κ3) is 4.00. The normalized spacial score (nSPS) is 20.8. The molecule has 0 radical (unpaired) electrons. The summed E-state index contributed by atoms with van der Waals surface area (Å²) in [4.78, 5) is 25.1. The minimum absolute atomic E-state index is 0.371. The standard InChI is InChI=1S/C12H21N3O2/c16-11(14-6-4-10-2-3-10)12(17)15-8-1-5-13-7-9-15/h10,13H,1-9H2,(H,14,16). The predicted octanol–water partition coefficient (Wildman–Crippen LogP) is -0.275. The van der Waals surface area contributed by atoms with Crippen LogP contribution >= 0.6 is 0 Å². The minimum atomic E-state index is -0.437. The van der Waals surface area contributed by atoms with Gasteiger partial charge < -0.3 is 15.5 Å². The van der Waals surface area contributed by atoms with E-state index >= 15 is 0 Å². The summed E-state index contributed by atoms with van der Waals surface area (Å²) in [5.41, 5.74) is 0. The van der Waals surface area contributed by atoms with E-state index in [0.717, 1.165) is 31.8 Å². The highest BCUT2D eigenvalue weighted by Crippen LogP contribution is 2.31. The van der Waals surface area contributed by atoms with Gasteiger partial charge in [-0.1, -0.05) is 12.8 Å². The Morgan fingerprint density at radius 3 is 2.82 bits per heavy atom. The average molecular weight is 239 g/mol. The summed E-state index contributed by atoms with van der Waals surface area (Å²) in [5.74, 6) is -0.0233. The van der Waals surface area contributed by atoms with E-state index in [1.807, 2.05) is 0 Å². The van der Waals surface area contributed by atoms with Gasteiger partial charge in [0.2, 0.25) is 0 Å². The summed E-state index contributed by atoms with van der Waals surface area (Å²) in [7, 11) is 0. The molecular weight excluding hydrogens is 218 g/mol. The van der Waals surface area contributed by atoms with E-state index in [-0.39, 0.29) is 5.91 Å². The van der Waals surface area contributed by atoms with E-state index in [0.29, 0.717) is 19.6 Å². The molecule has 0 spiro atoms. The van der Waals surface area contributed by atoms with E-state index in [1.165, 1.54) is 12.8 Å². The number of carbonyl (C=O) groups is 2. The van der Waals surface area contributed by atoms with E-state index in [4.69, 9.17) is 0 Å². The summed E-state index contributed by atoms with van der Waals surface area (Å²) < 4.78 is 0. The van der Waals surface area contributed by atoms with Crippen molar-refractivity contribution in [3.8, 4) is 0 Å². The van der Waals surface area contributed by atoms with Gasteiger partial charge in [-0.05, 0) is 25.3 Å². The molecule has 96 valence electrons. The molecule has 2 amide bonds. The molecule has 1 aliphatic heterocycles. The van der Waals surface area contributed by atoms with Gasteiger partial charge >= 0.3 is 11.8 Å². The van der Waals surface area contributed by atoms with Gasteiger partial charge in [0, 0.05) is 26.2 Å². The molecule has 1 aliphatic carbocycles. The molecule has 17 heavy (non-hydrogen) atoms. The number of rotatable bonds is 3. The first-order chi connectivity index (χ1) is 8.27. The van der Waals surface area contributed by atoms with Gasteiger partial charge in [0.05, 0.1) is 0 Å². The topological polar surface area (TPSA) is 61.4 Å². The fraction of sp³-hybridized carbons (Fsp3) is 0.833. The minimum Gasteiger partial charge on any atom is -0.348 e. The van der Waals surface area contributed by atoms with Crippen LogP contribution in [0.25, 0.3) is 0 Å². The molecule has 2 N–H and O–H groups in total. The van der Waals surface area contributed by atoms with Gasteiger partial charge in [-0.15, -0.1) is 0 Å².